The molecule has 0 unspecified atom stereocenters. The van der Waals surface area contributed by atoms with Gasteiger partial charge in [0.05, 0.1) is 11.1 Å². The summed E-state index contributed by atoms with van der Waals surface area (Å²) >= 11 is 0. The highest BCUT2D eigenvalue weighted by atomic mass is 16.6. The maximum atomic E-state index is 12.8. The number of non-ortho nitro benzene ring substituents is 1. The van der Waals surface area contributed by atoms with Crippen molar-refractivity contribution in [2.45, 2.75) is 13.5 Å². The minimum atomic E-state index is -0.454. The summed E-state index contributed by atoms with van der Waals surface area (Å²) in [5.41, 5.74) is 7.30. The average molecular weight is 451 g/mol. The third-order valence-electron chi connectivity index (χ3n) is 5.86. The number of benzene rings is 3. The predicted molar refractivity (Wildman–Crippen MR) is 132 cm³/mol. The largest absolute Gasteiger partial charge is 0.350 e. The Morgan fingerprint density at radius 2 is 1.85 bits per heavy atom. The van der Waals surface area contributed by atoms with E-state index in [9.17, 15) is 14.9 Å². The summed E-state index contributed by atoms with van der Waals surface area (Å²) in [4.78, 5) is 26.4. The van der Waals surface area contributed by atoms with Crippen molar-refractivity contribution >= 4 is 39.6 Å². The van der Waals surface area contributed by atoms with Crippen LogP contribution in [0.3, 0.4) is 0 Å². The number of fused-ring (bicyclic) bond motifs is 2. The number of H-pyrrole nitrogens is 1. The fourth-order valence-electron chi connectivity index (χ4n) is 4.16. The van der Waals surface area contributed by atoms with E-state index in [1.54, 1.807) is 19.2 Å². The van der Waals surface area contributed by atoms with Crippen molar-refractivity contribution < 1.29 is 9.72 Å². The molecule has 0 aliphatic rings. The Labute approximate surface area is 194 Å². The smallest absolute Gasteiger partial charge is 0.288 e. The average Bonchev–Trinajstić information content (AvgIpc) is 3.37. The predicted octanol–water partition coefficient (Wildman–Crippen LogP) is 5.15. The summed E-state index contributed by atoms with van der Waals surface area (Å²) in [6.07, 6.45) is 3.64. The second-order valence-corrected chi connectivity index (χ2v) is 8.03. The first kappa shape index (κ1) is 21.1. The van der Waals surface area contributed by atoms with Gasteiger partial charge >= 0.3 is 0 Å². The van der Waals surface area contributed by atoms with Crippen molar-refractivity contribution in [1.82, 2.24) is 15.0 Å². The molecule has 1 amide bonds. The molecule has 0 atom stereocenters. The minimum absolute atomic E-state index is 0.0218. The third-order valence-corrected chi connectivity index (χ3v) is 5.86. The van der Waals surface area contributed by atoms with Crippen molar-refractivity contribution in [2.24, 2.45) is 5.10 Å². The van der Waals surface area contributed by atoms with Crippen LogP contribution in [0.4, 0.5) is 5.69 Å². The van der Waals surface area contributed by atoms with Gasteiger partial charge in [-0.3, -0.25) is 14.9 Å². The first-order valence-corrected chi connectivity index (χ1v) is 10.7. The van der Waals surface area contributed by atoms with Crippen LogP contribution >= 0.6 is 0 Å². The van der Waals surface area contributed by atoms with Crippen LogP contribution in [-0.2, 0) is 6.54 Å². The van der Waals surface area contributed by atoms with E-state index in [0.717, 1.165) is 23.0 Å². The number of nitrogens with zero attached hydrogens (tertiary/aromatic N) is 3. The summed E-state index contributed by atoms with van der Waals surface area (Å²) in [5, 5.41) is 16.9. The molecule has 5 rings (SSSR count). The van der Waals surface area contributed by atoms with Gasteiger partial charge in [0.15, 0.2) is 0 Å². The van der Waals surface area contributed by atoms with E-state index in [1.807, 2.05) is 42.6 Å². The first-order chi connectivity index (χ1) is 16.5. The van der Waals surface area contributed by atoms with Gasteiger partial charge in [-0.05, 0) is 30.2 Å². The summed E-state index contributed by atoms with van der Waals surface area (Å²) in [6.45, 7) is 2.47. The SMILES string of the molecule is Cc1c(C(=O)N/N=C/c2cn(Cc3ccccc3)c3ccccc23)[nH]c2ccc([N+](=O)[O-])cc12. The lowest BCUT2D eigenvalue weighted by Crippen LogP contribution is -2.18. The van der Waals surface area contributed by atoms with Crippen molar-refractivity contribution in [2.75, 3.05) is 0 Å². The monoisotopic (exact) mass is 451 g/mol. The Balaban J connectivity index is 1.39. The van der Waals surface area contributed by atoms with Gasteiger partial charge in [0.25, 0.3) is 11.6 Å². The molecule has 0 spiro atoms. The Hall–Kier alpha value is -4.72. The van der Waals surface area contributed by atoms with Crippen LogP contribution in [0.5, 0.6) is 0 Å². The summed E-state index contributed by atoms with van der Waals surface area (Å²) < 4.78 is 2.16. The van der Waals surface area contributed by atoms with Gasteiger partial charge in [-0.2, -0.15) is 5.10 Å². The second kappa shape index (κ2) is 8.67. The Bertz CT molecular complexity index is 1560. The number of hydrogen-bond acceptors (Lipinski definition) is 4. The molecule has 0 aliphatic heterocycles. The zero-order valence-electron chi connectivity index (χ0n) is 18.4. The topological polar surface area (TPSA) is 105 Å². The Morgan fingerprint density at radius 1 is 1.09 bits per heavy atom. The minimum Gasteiger partial charge on any atom is -0.350 e. The van der Waals surface area contributed by atoms with Gasteiger partial charge in [-0.1, -0.05) is 48.5 Å². The number of carbonyl (C=O) groups is 1. The lowest BCUT2D eigenvalue weighted by molar-refractivity contribution is -0.384. The molecule has 8 nitrogen and oxygen atoms in total. The Kier molecular flexibility index (Phi) is 5.39. The standard InChI is InChI=1S/C26H21N5O3/c1-17-22-13-20(31(33)34)11-12-23(22)28-25(17)26(32)29-27-14-19-16-30(15-18-7-3-2-4-8-18)24-10-6-5-9-21(19)24/h2-14,16,28H,15H2,1H3,(H,29,32)/b27-14+. The number of aryl methyl sites for hydroxylation is 1. The van der Waals surface area contributed by atoms with Gasteiger partial charge in [0.1, 0.15) is 5.69 Å². The molecule has 0 saturated carbocycles. The van der Waals surface area contributed by atoms with Gasteiger partial charge in [-0.25, -0.2) is 5.43 Å². The number of nitro benzene ring substituents is 1. The molecule has 34 heavy (non-hydrogen) atoms. The van der Waals surface area contributed by atoms with E-state index < -0.39 is 10.8 Å². The van der Waals surface area contributed by atoms with Crippen LogP contribution in [-0.4, -0.2) is 26.6 Å². The van der Waals surface area contributed by atoms with E-state index in [4.69, 9.17) is 0 Å². The highest BCUT2D eigenvalue weighted by Gasteiger charge is 2.17. The van der Waals surface area contributed by atoms with Gasteiger partial charge in [-0.15, -0.1) is 0 Å². The number of carbonyl (C=O) groups excluding carboxylic acids is 1. The number of amides is 1. The second-order valence-electron chi connectivity index (χ2n) is 8.03. The summed E-state index contributed by atoms with van der Waals surface area (Å²) in [7, 11) is 0. The molecule has 168 valence electrons. The van der Waals surface area contributed by atoms with E-state index in [-0.39, 0.29) is 5.69 Å². The van der Waals surface area contributed by atoms with Gasteiger partial charge < -0.3 is 9.55 Å². The summed E-state index contributed by atoms with van der Waals surface area (Å²) in [5.74, 6) is -0.416. The van der Waals surface area contributed by atoms with Crippen LogP contribution in [0.2, 0.25) is 0 Å². The molecular formula is C26H21N5O3. The maximum Gasteiger partial charge on any atom is 0.288 e. The first-order valence-electron chi connectivity index (χ1n) is 10.7. The molecule has 3 aromatic carbocycles. The van der Waals surface area contributed by atoms with Crippen LogP contribution in [0.25, 0.3) is 21.8 Å². The van der Waals surface area contributed by atoms with Crippen LogP contribution in [0.15, 0.2) is 84.1 Å². The molecule has 5 aromatic rings. The van der Waals surface area contributed by atoms with Crippen LogP contribution in [0, 0.1) is 17.0 Å². The highest BCUT2D eigenvalue weighted by Crippen LogP contribution is 2.26. The number of hydrogen-bond donors (Lipinski definition) is 2. The van der Waals surface area contributed by atoms with Crippen molar-refractivity contribution in [1.29, 1.82) is 0 Å². The molecule has 2 N–H and O–H groups in total. The van der Waals surface area contributed by atoms with E-state index >= 15 is 0 Å². The number of nitro groups is 1. The summed E-state index contributed by atoms with van der Waals surface area (Å²) in [6, 6.07) is 22.7. The zero-order valence-corrected chi connectivity index (χ0v) is 18.4. The third kappa shape index (κ3) is 3.93. The van der Waals surface area contributed by atoms with Gasteiger partial charge in [0.2, 0.25) is 0 Å². The van der Waals surface area contributed by atoms with Crippen LogP contribution < -0.4 is 5.43 Å². The molecule has 0 fully saturated rings. The molecule has 0 saturated heterocycles. The lowest BCUT2D eigenvalue weighted by Gasteiger charge is -2.05. The zero-order chi connectivity index (χ0) is 23.7. The normalized spacial score (nSPS) is 11.4. The van der Waals surface area contributed by atoms with Crippen molar-refractivity contribution in [3.63, 3.8) is 0 Å². The van der Waals surface area contributed by atoms with E-state index in [2.05, 4.69) is 38.3 Å². The maximum absolute atomic E-state index is 12.8. The highest BCUT2D eigenvalue weighted by molar-refractivity contribution is 6.03. The van der Waals surface area contributed by atoms with Crippen molar-refractivity contribution in [3.05, 3.63) is 111 Å². The number of hydrazone groups is 1. The number of nitrogens with one attached hydrogen (secondary N) is 2. The lowest BCUT2D eigenvalue weighted by atomic mass is 10.1. The van der Waals surface area contributed by atoms with Crippen LogP contribution in [0.1, 0.15) is 27.2 Å². The molecular weight excluding hydrogens is 430 g/mol. The number of para-hydroxylation sites is 1. The molecule has 2 heterocycles. The number of aromatic nitrogens is 2. The molecule has 2 aromatic heterocycles. The van der Waals surface area contributed by atoms with E-state index in [0.29, 0.717) is 22.2 Å². The fraction of sp³-hybridized carbons (Fsp3) is 0.0769. The van der Waals surface area contributed by atoms with E-state index in [1.165, 1.54) is 17.7 Å². The quantitative estimate of drug-likeness (QED) is 0.212. The molecule has 0 bridgehead atoms. The fourth-order valence-corrected chi connectivity index (χ4v) is 4.16. The van der Waals surface area contributed by atoms with Crippen molar-refractivity contribution in [3.8, 4) is 0 Å². The van der Waals surface area contributed by atoms with Gasteiger partial charge in [0, 0.05) is 52.2 Å². The number of aromatic amines is 1. The molecule has 0 radical (unpaired) electrons. The Morgan fingerprint density at radius 3 is 2.65 bits per heavy atom. The molecule has 8 heteroatoms. The number of rotatable bonds is 6. The molecule has 0 aliphatic carbocycles.